The zero-order chi connectivity index (χ0) is 18.4. The number of aromatic carboxylic acids is 1. The van der Waals surface area contributed by atoms with Crippen LogP contribution < -0.4 is 14.8 Å². The number of nitrogens with one attached hydrogen (secondary N) is 1. The summed E-state index contributed by atoms with van der Waals surface area (Å²) in [7, 11) is 1.45. The first-order valence-electron chi connectivity index (χ1n) is 6.99. The van der Waals surface area contributed by atoms with Crippen LogP contribution in [0.1, 0.15) is 10.4 Å². The van der Waals surface area contributed by atoms with Gasteiger partial charge in [-0.1, -0.05) is 12.1 Å². The molecule has 0 aliphatic heterocycles. The maximum absolute atomic E-state index is 12.0. The molecule has 130 valence electrons. The van der Waals surface area contributed by atoms with Crippen molar-refractivity contribution in [2.24, 2.45) is 0 Å². The van der Waals surface area contributed by atoms with Crippen LogP contribution in [-0.4, -0.2) is 35.6 Å². The summed E-state index contributed by atoms with van der Waals surface area (Å²) in [5.41, 5.74) is -0.364. The third-order valence-corrected chi connectivity index (χ3v) is 3.14. The lowest BCUT2D eigenvalue weighted by Gasteiger charge is -2.11. The molecular formula is C16H14N2O7. The first-order chi connectivity index (χ1) is 11.9. The van der Waals surface area contributed by atoms with Crippen LogP contribution in [0.25, 0.3) is 0 Å². The van der Waals surface area contributed by atoms with Crippen molar-refractivity contribution in [2.45, 2.75) is 0 Å². The fourth-order valence-electron chi connectivity index (χ4n) is 1.99. The number of ether oxygens (including phenoxy) is 2. The molecule has 9 heteroatoms. The Morgan fingerprint density at radius 1 is 1.20 bits per heavy atom. The van der Waals surface area contributed by atoms with E-state index in [9.17, 15) is 19.7 Å². The number of hydrogen-bond donors (Lipinski definition) is 2. The van der Waals surface area contributed by atoms with Gasteiger partial charge >= 0.3 is 11.7 Å². The molecule has 0 saturated carbocycles. The molecule has 0 saturated heterocycles. The fourth-order valence-corrected chi connectivity index (χ4v) is 1.99. The van der Waals surface area contributed by atoms with E-state index in [-0.39, 0.29) is 11.3 Å². The monoisotopic (exact) mass is 346 g/mol. The van der Waals surface area contributed by atoms with Crippen molar-refractivity contribution >= 4 is 23.3 Å². The van der Waals surface area contributed by atoms with Crippen LogP contribution in [0.3, 0.4) is 0 Å². The van der Waals surface area contributed by atoms with Crippen LogP contribution >= 0.6 is 0 Å². The van der Waals surface area contributed by atoms with Gasteiger partial charge in [-0.25, -0.2) is 4.79 Å². The van der Waals surface area contributed by atoms with Crippen LogP contribution in [0.2, 0.25) is 0 Å². The number of anilines is 1. The maximum Gasteiger partial charge on any atom is 0.335 e. The minimum atomic E-state index is -1.30. The first-order valence-corrected chi connectivity index (χ1v) is 6.99. The van der Waals surface area contributed by atoms with Crippen molar-refractivity contribution in [2.75, 3.05) is 19.0 Å². The van der Waals surface area contributed by atoms with Gasteiger partial charge in [-0.05, 0) is 24.3 Å². The van der Waals surface area contributed by atoms with Gasteiger partial charge in [-0.2, -0.15) is 0 Å². The number of methoxy groups -OCH3 is 1. The molecule has 25 heavy (non-hydrogen) atoms. The molecule has 0 atom stereocenters. The Hall–Kier alpha value is -3.62. The van der Waals surface area contributed by atoms with Gasteiger partial charge in [0.25, 0.3) is 5.91 Å². The number of carbonyl (C=O) groups is 2. The molecule has 0 spiro atoms. The molecule has 0 fully saturated rings. The SMILES string of the molecule is COc1ccccc1NC(=O)COc1ccc(C(=O)O)cc1[N+](=O)[O-]. The van der Waals surface area contributed by atoms with Crippen molar-refractivity contribution < 1.29 is 29.1 Å². The summed E-state index contributed by atoms with van der Waals surface area (Å²) in [5, 5.41) is 22.5. The summed E-state index contributed by atoms with van der Waals surface area (Å²) in [4.78, 5) is 33.1. The van der Waals surface area contributed by atoms with E-state index in [0.717, 1.165) is 18.2 Å². The van der Waals surface area contributed by atoms with Crippen LogP contribution in [0, 0.1) is 10.1 Å². The van der Waals surface area contributed by atoms with Crippen molar-refractivity contribution in [1.82, 2.24) is 0 Å². The third kappa shape index (κ3) is 4.44. The number of nitro groups is 1. The minimum absolute atomic E-state index is 0.204. The van der Waals surface area contributed by atoms with E-state index < -0.39 is 29.1 Å². The number of carboxylic acid groups (broad SMARTS) is 1. The van der Waals surface area contributed by atoms with Crippen molar-refractivity contribution in [3.63, 3.8) is 0 Å². The summed E-state index contributed by atoms with van der Waals surface area (Å²) >= 11 is 0. The predicted molar refractivity (Wildman–Crippen MR) is 87.2 cm³/mol. The number of carboxylic acids is 1. The number of benzene rings is 2. The summed E-state index contributed by atoms with van der Waals surface area (Å²) < 4.78 is 10.2. The second kappa shape index (κ2) is 7.77. The second-order valence-electron chi connectivity index (χ2n) is 4.78. The van der Waals surface area contributed by atoms with Crippen molar-refractivity contribution in [1.29, 1.82) is 0 Å². The van der Waals surface area contributed by atoms with E-state index in [4.69, 9.17) is 14.6 Å². The normalized spacial score (nSPS) is 9.96. The summed E-state index contributed by atoms with van der Waals surface area (Å²) in [6.07, 6.45) is 0. The molecule has 2 aromatic rings. The molecule has 2 N–H and O–H groups in total. The molecule has 1 amide bonds. The van der Waals surface area contributed by atoms with E-state index in [2.05, 4.69) is 5.32 Å². The van der Waals surface area contributed by atoms with Crippen molar-refractivity contribution in [3.8, 4) is 11.5 Å². The number of hydrogen-bond acceptors (Lipinski definition) is 6. The Labute approximate surface area is 141 Å². The van der Waals surface area contributed by atoms with Crippen molar-refractivity contribution in [3.05, 3.63) is 58.1 Å². The molecule has 0 heterocycles. The van der Waals surface area contributed by atoms with Gasteiger partial charge in [0.05, 0.1) is 23.3 Å². The summed E-state index contributed by atoms with van der Waals surface area (Å²) in [6, 6.07) is 9.89. The smallest absolute Gasteiger partial charge is 0.335 e. The van der Waals surface area contributed by atoms with Crippen LogP contribution in [0.5, 0.6) is 11.5 Å². The van der Waals surface area contributed by atoms with Gasteiger partial charge in [0.2, 0.25) is 0 Å². The quantitative estimate of drug-likeness (QED) is 0.581. The predicted octanol–water partition coefficient (Wildman–Crippen LogP) is 2.32. The lowest BCUT2D eigenvalue weighted by atomic mass is 10.2. The maximum atomic E-state index is 12.0. The standard InChI is InChI=1S/C16H14N2O7/c1-24-13-5-3-2-4-11(13)17-15(19)9-25-14-7-6-10(16(20)21)8-12(14)18(22)23/h2-8H,9H2,1H3,(H,17,19)(H,20,21). The number of nitro benzene ring substituents is 1. The Balaban J connectivity index is 2.09. The number of rotatable bonds is 7. The molecule has 2 rings (SSSR count). The van der Waals surface area contributed by atoms with Crippen LogP contribution in [-0.2, 0) is 4.79 Å². The highest BCUT2D eigenvalue weighted by atomic mass is 16.6. The number of nitrogens with zero attached hydrogens (tertiary/aromatic N) is 1. The van der Waals surface area contributed by atoms with E-state index in [1.54, 1.807) is 24.3 Å². The Kier molecular flexibility index (Phi) is 5.51. The number of para-hydroxylation sites is 2. The highest BCUT2D eigenvalue weighted by Crippen LogP contribution is 2.28. The van der Waals surface area contributed by atoms with Gasteiger partial charge in [0, 0.05) is 6.07 Å². The Morgan fingerprint density at radius 2 is 1.92 bits per heavy atom. The van der Waals surface area contributed by atoms with Crippen LogP contribution in [0.4, 0.5) is 11.4 Å². The van der Waals surface area contributed by atoms with E-state index >= 15 is 0 Å². The molecule has 0 radical (unpaired) electrons. The summed E-state index contributed by atoms with van der Waals surface area (Å²) in [6.45, 7) is -0.495. The lowest BCUT2D eigenvalue weighted by Crippen LogP contribution is -2.20. The van der Waals surface area contributed by atoms with Crippen LogP contribution in [0.15, 0.2) is 42.5 Å². The molecule has 9 nitrogen and oxygen atoms in total. The van der Waals surface area contributed by atoms with Gasteiger partial charge in [-0.3, -0.25) is 14.9 Å². The summed E-state index contributed by atoms with van der Waals surface area (Å²) in [5.74, 6) is -1.61. The van der Waals surface area contributed by atoms with E-state index in [0.29, 0.717) is 11.4 Å². The van der Waals surface area contributed by atoms with Gasteiger partial charge in [-0.15, -0.1) is 0 Å². The molecule has 2 aromatic carbocycles. The Morgan fingerprint density at radius 3 is 2.56 bits per heavy atom. The molecule has 0 bridgehead atoms. The molecule has 0 unspecified atom stereocenters. The molecular weight excluding hydrogens is 332 g/mol. The molecule has 0 aromatic heterocycles. The highest BCUT2D eigenvalue weighted by Gasteiger charge is 2.19. The minimum Gasteiger partial charge on any atom is -0.495 e. The van der Waals surface area contributed by atoms with Gasteiger partial charge in [0.1, 0.15) is 5.75 Å². The highest BCUT2D eigenvalue weighted by molar-refractivity contribution is 5.93. The average Bonchev–Trinajstić information content (AvgIpc) is 2.60. The molecule has 0 aliphatic carbocycles. The fraction of sp³-hybridized carbons (Fsp3) is 0.125. The average molecular weight is 346 g/mol. The largest absolute Gasteiger partial charge is 0.495 e. The zero-order valence-electron chi connectivity index (χ0n) is 13.1. The number of carbonyl (C=O) groups excluding carboxylic acids is 1. The Bertz CT molecular complexity index is 820. The topological polar surface area (TPSA) is 128 Å². The van der Waals surface area contributed by atoms with E-state index in [1.165, 1.54) is 7.11 Å². The van der Waals surface area contributed by atoms with Gasteiger partial charge < -0.3 is 19.9 Å². The zero-order valence-corrected chi connectivity index (χ0v) is 13.1. The lowest BCUT2D eigenvalue weighted by molar-refractivity contribution is -0.385. The second-order valence-corrected chi connectivity index (χ2v) is 4.78. The first kappa shape index (κ1) is 17.7. The van der Waals surface area contributed by atoms with Gasteiger partial charge in [0.15, 0.2) is 12.4 Å². The molecule has 0 aliphatic rings. The van der Waals surface area contributed by atoms with E-state index in [1.807, 2.05) is 0 Å². The number of amides is 1. The third-order valence-electron chi connectivity index (χ3n) is 3.14.